The van der Waals surface area contributed by atoms with Crippen molar-refractivity contribution < 1.29 is 9.47 Å². The quantitative estimate of drug-likeness (QED) is 0.567. The monoisotopic (exact) mass is 445 g/mol. The minimum atomic E-state index is 0.366. The molecule has 6 rings (SSSR count). The Bertz CT molecular complexity index is 1100. The standard InChI is InChI=1S/C28H35N3O2/c1-29-19-24(25-6-2-3-7-26(25)29)5-4-11-30-12-8-21(17-30)18-31-13-9-22-15-27-28(33-20-32-27)16-23(22)10-14-31/h2-3,6-7,15-16,19,21H,4-5,8-14,17-18,20H2,1H3. The van der Waals surface area contributed by atoms with Gasteiger partial charge in [0.2, 0.25) is 6.79 Å². The van der Waals surface area contributed by atoms with E-state index in [2.05, 4.69) is 64.0 Å². The molecular weight excluding hydrogens is 410 g/mol. The maximum Gasteiger partial charge on any atom is 0.231 e. The molecule has 4 heterocycles. The van der Waals surface area contributed by atoms with Crippen LogP contribution in [0.3, 0.4) is 0 Å². The van der Waals surface area contributed by atoms with Gasteiger partial charge in [0.25, 0.3) is 0 Å². The summed E-state index contributed by atoms with van der Waals surface area (Å²) < 4.78 is 13.5. The van der Waals surface area contributed by atoms with Crippen LogP contribution in [-0.2, 0) is 26.3 Å². The van der Waals surface area contributed by atoms with Crippen molar-refractivity contribution >= 4 is 10.9 Å². The summed E-state index contributed by atoms with van der Waals surface area (Å²) >= 11 is 0. The van der Waals surface area contributed by atoms with Crippen LogP contribution in [0, 0.1) is 5.92 Å². The normalized spacial score (nSPS) is 20.9. The molecule has 3 aliphatic rings. The van der Waals surface area contributed by atoms with E-state index in [0.29, 0.717) is 6.79 Å². The Morgan fingerprint density at radius 1 is 0.939 bits per heavy atom. The first-order chi connectivity index (χ1) is 16.2. The van der Waals surface area contributed by atoms with E-state index in [-0.39, 0.29) is 0 Å². The van der Waals surface area contributed by atoms with Gasteiger partial charge in [0.05, 0.1) is 0 Å². The minimum Gasteiger partial charge on any atom is -0.454 e. The van der Waals surface area contributed by atoms with Gasteiger partial charge >= 0.3 is 0 Å². The molecule has 2 aromatic carbocycles. The van der Waals surface area contributed by atoms with Crippen molar-refractivity contribution in [2.24, 2.45) is 13.0 Å². The molecule has 1 unspecified atom stereocenters. The number of likely N-dealkylation sites (tertiary alicyclic amines) is 1. The van der Waals surface area contributed by atoms with Gasteiger partial charge in [0.1, 0.15) is 0 Å². The molecule has 0 spiro atoms. The minimum absolute atomic E-state index is 0.366. The lowest BCUT2D eigenvalue weighted by Crippen LogP contribution is -2.33. The molecule has 5 heteroatoms. The number of hydrogen-bond donors (Lipinski definition) is 0. The summed E-state index contributed by atoms with van der Waals surface area (Å²) in [5.74, 6) is 2.66. The Hall–Kier alpha value is -2.50. The highest BCUT2D eigenvalue weighted by atomic mass is 16.7. The van der Waals surface area contributed by atoms with Crippen LogP contribution in [0.4, 0.5) is 0 Å². The second kappa shape index (κ2) is 9.03. The summed E-state index contributed by atoms with van der Waals surface area (Å²) in [6.45, 7) is 7.65. The van der Waals surface area contributed by atoms with Crippen molar-refractivity contribution in [3.05, 3.63) is 59.3 Å². The van der Waals surface area contributed by atoms with Crippen LogP contribution in [0.15, 0.2) is 42.6 Å². The summed E-state index contributed by atoms with van der Waals surface area (Å²) in [6, 6.07) is 13.2. The Morgan fingerprint density at radius 2 is 1.70 bits per heavy atom. The molecular formula is C28H35N3O2. The number of ether oxygens (including phenoxy) is 2. The van der Waals surface area contributed by atoms with Crippen LogP contribution in [0.5, 0.6) is 11.5 Å². The zero-order valence-corrected chi connectivity index (χ0v) is 19.8. The maximum atomic E-state index is 5.59. The third-order valence-electron chi connectivity index (χ3n) is 7.88. The molecule has 174 valence electrons. The predicted octanol–water partition coefficient (Wildman–Crippen LogP) is 4.26. The SMILES string of the molecule is Cn1cc(CCCN2CCC(CN3CCc4cc5c(cc4CC3)OCO5)C2)c2ccccc21. The second-order valence-corrected chi connectivity index (χ2v) is 10.1. The molecule has 33 heavy (non-hydrogen) atoms. The molecule has 1 aromatic heterocycles. The van der Waals surface area contributed by atoms with Gasteiger partial charge in [0, 0.05) is 50.3 Å². The number of fused-ring (bicyclic) bond motifs is 3. The molecule has 0 amide bonds. The highest BCUT2D eigenvalue weighted by Gasteiger charge is 2.26. The van der Waals surface area contributed by atoms with E-state index in [4.69, 9.17) is 9.47 Å². The average molecular weight is 446 g/mol. The maximum absolute atomic E-state index is 5.59. The topological polar surface area (TPSA) is 29.9 Å². The summed E-state index contributed by atoms with van der Waals surface area (Å²) in [5, 5.41) is 1.42. The van der Waals surface area contributed by atoms with E-state index in [9.17, 15) is 0 Å². The van der Waals surface area contributed by atoms with Crippen LogP contribution < -0.4 is 9.47 Å². The largest absolute Gasteiger partial charge is 0.454 e. The van der Waals surface area contributed by atoms with Gasteiger partial charge in [-0.2, -0.15) is 0 Å². The molecule has 1 fully saturated rings. The predicted molar refractivity (Wildman–Crippen MR) is 132 cm³/mol. The molecule has 3 aromatic rings. The van der Waals surface area contributed by atoms with Gasteiger partial charge in [0.15, 0.2) is 11.5 Å². The van der Waals surface area contributed by atoms with Gasteiger partial charge in [-0.05, 0) is 86.0 Å². The zero-order valence-electron chi connectivity index (χ0n) is 19.8. The van der Waals surface area contributed by atoms with E-state index in [1.165, 1.54) is 73.0 Å². The molecule has 1 atom stereocenters. The molecule has 3 aliphatic heterocycles. The van der Waals surface area contributed by atoms with E-state index < -0.39 is 0 Å². The van der Waals surface area contributed by atoms with Crippen molar-refractivity contribution in [1.82, 2.24) is 14.4 Å². The number of benzene rings is 2. The van der Waals surface area contributed by atoms with Crippen molar-refractivity contribution in [3.63, 3.8) is 0 Å². The third kappa shape index (κ3) is 4.36. The molecule has 0 N–H and O–H groups in total. The molecule has 0 radical (unpaired) electrons. The van der Waals surface area contributed by atoms with Crippen molar-refractivity contribution in [3.8, 4) is 11.5 Å². The number of aromatic nitrogens is 1. The fourth-order valence-electron chi connectivity index (χ4n) is 6.09. The summed E-state index contributed by atoms with van der Waals surface area (Å²) in [5.41, 5.74) is 5.74. The highest BCUT2D eigenvalue weighted by molar-refractivity contribution is 5.83. The second-order valence-electron chi connectivity index (χ2n) is 10.1. The van der Waals surface area contributed by atoms with E-state index in [1.54, 1.807) is 0 Å². The van der Waals surface area contributed by atoms with Gasteiger partial charge < -0.3 is 23.8 Å². The van der Waals surface area contributed by atoms with Gasteiger partial charge in [-0.1, -0.05) is 18.2 Å². The molecule has 0 saturated carbocycles. The lowest BCUT2D eigenvalue weighted by atomic mass is 10.0. The van der Waals surface area contributed by atoms with E-state index in [1.807, 2.05) is 0 Å². The Labute approximate surface area is 196 Å². The van der Waals surface area contributed by atoms with Crippen LogP contribution in [0.1, 0.15) is 29.5 Å². The first-order valence-corrected chi connectivity index (χ1v) is 12.6. The highest BCUT2D eigenvalue weighted by Crippen LogP contribution is 2.36. The molecule has 1 saturated heterocycles. The Morgan fingerprint density at radius 3 is 2.48 bits per heavy atom. The number of nitrogens with zero attached hydrogens (tertiary/aromatic N) is 3. The van der Waals surface area contributed by atoms with Crippen molar-refractivity contribution in [1.29, 1.82) is 0 Å². The number of rotatable bonds is 6. The molecule has 0 bridgehead atoms. The first kappa shape index (κ1) is 21.1. The van der Waals surface area contributed by atoms with Crippen molar-refractivity contribution in [2.75, 3.05) is 46.1 Å². The Balaban J connectivity index is 0.981. The summed E-state index contributed by atoms with van der Waals surface area (Å²) in [7, 11) is 2.16. The van der Waals surface area contributed by atoms with E-state index >= 15 is 0 Å². The van der Waals surface area contributed by atoms with Crippen molar-refractivity contribution in [2.45, 2.75) is 32.1 Å². The average Bonchev–Trinajstić information content (AvgIpc) is 3.51. The molecule has 0 aliphatic carbocycles. The third-order valence-corrected chi connectivity index (χ3v) is 7.88. The lowest BCUT2D eigenvalue weighted by Gasteiger charge is -2.24. The number of para-hydroxylation sites is 1. The van der Waals surface area contributed by atoms with Gasteiger partial charge in [-0.15, -0.1) is 0 Å². The fraction of sp³-hybridized carbons (Fsp3) is 0.500. The van der Waals surface area contributed by atoms with Gasteiger partial charge in [-0.25, -0.2) is 0 Å². The summed E-state index contributed by atoms with van der Waals surface area (Å²) in [6.07, 6.45) is 8.31. The number of aryl methyl sites for hydroxylation is 2. The van der Waals surface area contributed by atoms with Crippen LogP contribution in [-0.4, -0.2) is 60.4 Å². The smallest absolute Gasteiger partial charge is 0.231 e. The fourth-order valence-corrected chi connectivity index (χ4v) is 6.09. The lowest BCUT2D eigenvalue weighted by molar-refractivity contribution is 0.174. The van der Waals surface area contributed by atoms with Crippen LogP contribution >= 0.6 is 0 Å². The molecule has 5 nitrogen and oxygen atoms in total. The number of hydrogen-bond acceptors (Lipinski definition) is 4. The Kier molecular flexibility index (Phi) is 5.77. The first-order valence-electron chi connectivity index (χ1n) is 12.6. The summed E-state index contributed by atoms with van der Waals surface area (Å²) in [4.78, 5) is 5.39. The zero-order chi connectivity index (χ0) is 22.2. The van der Waals surface area contributed by atoms with Crippen LogP contribution in [0.2, 0.25) is 0 Å². The van der Waals surface area contributed by atoms with E-state index in [0.717, 1.165) is 43.3 Å². The van der Waals surface area contributed by atoms with Crippen LogP contribution in [0.25, 0.3) is 10.9 Å². The van der Waals surface area contributed by atoms with Gasteiger partial charge in [-0.3, -0.25) is 0 Å².